The van der Waals surface area contributed by atoms with Gasteiger partial charge in [0.25, 0.3) is 0 Å². The van der Waals surface area contributed by atoms with E-state index < -0.39 is 6.79 Å². The van der Waals surface area contributed by atoms with E-state index in [0.717, 1.165) is 25.2 Å². The van der Waals surface area contributed by atoms with Crippen molar-refractivity contribution in [1.29, 1.82) is 0 Å². The van der Waals surface area contributed by atoms with Gasteiger partial charge in [-0.25, -0.2) is 0 Å². The molecular weight excluding hydrogens is 212 g/mol. The first-order chi connectivity index (χ1) is 7.27. The molecule has 0 aliphatic carbocycles. The minimum absolute atomic E-state index is 0. The molecule has 1 aromatic rings. The van der Waals surface area contributed by atoms with E-state index in [4.69, 9.17) is 5.02 Å². The first-order valence-electron chi connectivity index (χ1n) is 5.41. The van der Waals surface area contributed by atoms with Crippen LogP contribution in [0.25, 0.3) is 0 Å². The number of rotatable bonds is 3. The van der Waals surface area contributed by atoms with Gasteiger partial charge in [-0.05, 0) is 25.9 Å². The third kappa shape index (κ3) is 3.42. The molecule has 0 atom stereocenters. The van der Waals surface area contributed by atoms with E-state index in [9.17, 15) is 4.70 Å². The smallest absolute Gasteiger partial charge is 0.734 e. The van der Waals surface area contributed by atoms with Gasteiger partial charge in [0.1, 0.15) is 0 Å². The zero-order valence-electron chi connectivity index (χ0n) is 9.72. The number of hydrogen-bond acceptors (Lipinski definition) is 2. The van der Waals surface area contributed by atoms with Crippen molar-refractivity contribution in [3.05, 3.63) is 29.8 Å². The largest absolute Gasteiger partial charge is 1.00 e. The van der Waals surface area contributed by atoms with Gasteiger partial charge in [0.15, 0.2) is 0 Å². The minimum atomic E-state index is -1.61. The Bertz CT molecular complexity index is 367. The van der Waals surface area contributed by atoms with Crippen LogP contribution in [0.5, 0.6) is 0 Å². The maximum absolute atomic E-state index is 11.1. The van der Waals surface area contributed by atoms with E-state index in [2.05, 4.69) is 4.90 Å². The van der Waals surface area contributed by atoms with Crippen LogP contribution in [0.1, 0.15) is 18.4 Å². The summed E-state index contributed by atoms with van der Waals surface area (Å²) >= 11 is 0. The van der Waals surface area contributed by atoms with Crippen molar-refractivity contribution < 1.29 is 39.3 Å². The van der Waals surface area contributed by atoms with E-state index >= 15 is 0 Å². The normalized spacial score (nSPS) is 15.8. The Labute approximate surface area is 118 Å². The van der Waals surface area contributed by atoms with Crippen LogP contribution >= 0.6 is 0 Å². The number of benzene rings is 1. The van der Waals surface area contributed by atoms with Crippen LogP contribution in [0.15, 0.2) is 24.3 Å². The van der Waals surface area contributed by atoms with Crippen LogP contribution in [0, 0.1) is 0 Å². The van der Waals surface area contributed by atoms with Crippen LogP contribution in [-0.2, 0) is 11.2 Å². The summed E-state index contributed by atoms with van der Waals surface area (Å²) in [5, 5.41) is 9.10. The third-order valence-corrected chi connectivity index (χ3v) is 2.91. The second kappa shape index (κ2) is 6.55. The number of likely N-dealkylation sites (tertiary alicyclic amines) is 1. The van der Waals surface area contributed by atoms with Crippen molar-refractivity contribution in [2.45, 2.75) is 19.4 Å². The van der Waals surface area contributed by atoms with Crippen LogP contribution in [0.3, 0.4) is 0 Å². The van der Waals surface area contributed by atoms with Gasteiger partial charge >= 0.3 is 36.3 Å². The van der Waals surface area contributed by atoms with E-state index in [1.165, 1.54) is 12.8 Å². The van der Waals surface area contributed by atoms with Crippen molar-refractivity contribution >= 4 is 12.2 Å². The molecule has 1 aliphatic rings. The summed E-state index contributed by atoms with van der Waals surface area (Å²) < 4.78 is 11.1. The molecule has 1 saturated heterocycles. The van der Waals surface area contributed by atoms with Gasteiger partial charge in [-0.3, -0.25) is 4.90 Å². The van der Waals surface area contributed by atoms with Crippen LogP contribution in [-0.4, -0.2) is 29.8 Å². The average Bonchev–Trinajstić information content (AvgIpc) is 2.71. The van der Waals surface area contributed by atoms with Crippen molar-refractivity contribution in [1.82, 2.24) is 4.90 Å². The zero-order valence-corrected chi connectivity index (χ0v) is 11.7. The number of nitrogens with zero attached hydrogens (tertiary/aromatic N) is 1. The summed E-state index contributed by atoms with van der Waals surface area (Å²) in [6, 6.07) is 7.35. The molecule has 0 spiro atoms. The molecule has 1 aliphatic heterocycles. The molecule has 0 saturated carbocycles. The second-order valence-electron chi connectivity index (χ2n) is 4.03. The maximum atomic E-state index is 11.1. The first kappa shape index (κ1) is 13.9. The number of hydrogen-bond donors (Lipinski definition) is 1. The SMILES string of the molecule is O=[B-](O)c1ccccc1CN1CCCC1.[Na+]. The molecule has 1 N–H and O–H groups in total. The summed E-state index contributed by atoms with van der Waals surface area (Å²) in [7, 11) is 0. The quantitative estimate of drug-likeness (QED) is 0.576. The van der Waals surface area contributed by atoms with Gasteiger partial charge in [0.05, 0.1) is 0 Å². The Morgan fingerprint density at radius 2 is 1.88 bits per heavy atom. The fourth-order valence-corrected chi connectivity index (χ4v) is 2.10. The summed E-state index contributed by atoms with van der Waals surface area (Å²) in [6.07, 6.45) is 2.48. The van der Waals surface area contributed by atoms with Gasteiger partial charge in [0, 0.05) is 6.54 Å². The Balaban J connectivity index is 0.00000128. The van der Waals surface area contributed by atoms with E-state index in [1.807, 2.05) is 12.1 Å². The molecule has 2 rings (SSSR count). The predicted octanol–water partition coefficient (Wildman–Crippen LogP) is -2.60. The van der Waals surface area contributed by atoms with E-state index in [0.29, 0.717) is 5.46 Å². The molecule has 3 nitrogen and oxygen atoms in total. The fourth-order valence-electron chi connectivity index (χ4n) is 2.10. The predicted molar refractivity (Wildman–Crippen MR) is 59.2 cm³/mol. The summed E-state index contributed by atoms with van der Waals surface area (Å²) in [6.45, 7) is 1.38. The maximum Gasteiger partial charge on any atom is 1.00 e. The van der Waals surface area contributed by atoms with Gasteiger partial charge in [-0.15, -0.1) is 5.46 Å². The first-order valence-corrected chi connectivity index (χ1v) is 5.41. The van der Waals surface area contributed by atoms with Gasteiger partial charge in [-0.2, -0.15) is 0 Å². The van der Waals surface area contributed by atoms with Crippen LogP contribution in [0.4, 0.5) is 0 Å². The zero-order chi connectivity index (χ0) is 10.7. The molecule has 1 heterocycles. The van der Waals surface area contributed by atoms with Crippen molar-refractivity contribution in [2.24, 2.45) is 0 Å². The van der Waals surface area contributed by atoms with Crippen molar-refractivity contribution in [3.63, 3.8) is 0 Å². The Kier molecular flexibility index (Phi) is 5.69. The second-order valence-corrected chi connectivity index (χ2v) is 4.03. The van der Waals surface area contributed by atoms with Crippen LogP contribution < -0.4 is 35.0 Å². The van der Waals surface area contributed by atoms with Gasteiger partial charge in [-0.1, -0.05) is 29.8 Å². The Hall–Kier alpha value is -0.155. The third-order valence-electron chi connectivity index (χ3n) is 2.91. The van der Waals surface area contributed by atoms with Crippen molar-refractivity contribution in [3.8, 4) is 0 Å². The summed E-state index contributed by atoms with van der Waals surface area (Å²) in [4.78, 5) is 2.32. The molecule has 0 unspecified atom stereocenters. The Morgan fingerprint density at radius 3 is 2.50 bits per heavy atom. The van der Waals surface area contributed by atoms with Gasteiger partial charge in [0.2, 0.25) is 0 Å². The van der Waals surface area contributed by atoms with E-state index in [-0.39, 0.29) is 29.6 Å². The molecule has 1 aromatic carbocycles. The summed E-state index contributed by atoms with van der Waals surface area (Å²) in [5.41, 5.74) is 1.48. The molecule has 0 radical (unpaired) electrons. The Morgan fingerprint density at radius 1 is 1.25 bits per heavy atom. The molecule has 16 heavy (non-hydrogen) atoms. The van der Waals surface area contributed by atoms with Crippen molar-refractivity contribution in [2.75, 3.05) is 13.1 Å². The molecule has 0 amide bonds. The minimum Gasteiger partial charge on any atom is -0.734 e. The van der Waals surface area contributed by atoms with Crippen LogP contribution in [0.2, 0.25) is 0 Å². The molecular formula is C11H15BNNaO2. The molecule has 80 valence electrons. The molecule has 1 fully saturated rings. The van der Waals surface area contributed by atoms with Gasteiger partial charge < -0.3 is 9.73 Å². The molecule has 0 bridgehead atoms. The standard InChI is InChI=1S/C11H15BNO2.Na/c14-12(15)11-6-2-1-5-10(11)9-13-7-3-4-8-13;/h1-2,5-6,14H,3-4,7-9H2;/q-1;+1. The molecule has 0 aromatic heterocycles. The summed E-state index contributed by atoms with van der Waals surface area (Å²) in [5.74, 6) is 0. The topological polar surface area (TPSA) is 40.5 Å². The van der Waals surface area contributed by atoms with E-state index in [1.54, 1.807) is 12.1 Å². The fraction of sp³-hybridized carbons (Fsp3) is 0.455. The molecule has 5 heteroatoms. The average molecular weight is 227 g/mol. The monoisotopic (exact) mass is 227 g/mol.